The standard InChI is InChI=1S/C3H9N5O/c4-1-2-6-8-3(9)7-5/h2H,1,4-5H2,(H2,7,8,9). The van der Waals surface area contributed by atoms with Gasteiger partial charge in [0.2, 0.25) is 0 Å². The van der Waals surface area contributed by atoms with Crippen LogP contribution in [0.2, 0.25) is 0 Å². The number of carbonyl (C=O) groups is 1. The molecule has 52 valence electrons. The van der Waals surface area contributed by atoms with Crippen LogP contribution >= 0.6 is 0 Å². The molecule has 0 unspecified atom stereocenters. The Morgan fingerprint density at radius 1 is 1.78 bits per heavy atom. The molecule has 6 heteroatoms. The van der Waals surface area contributed by atoms with Gasteiger partial charge in [0.1, 0.15) is 0 Å². The fourth-order valence-electron chi connectivity index (χ4n) is 0.189. The minimum Gasteiger partial charge on any atom is -0.326 e. The second-order valence-electron chi connectivity index (χ2n) is 1.13. The summed E-state index contributed by atoms with van der Waals surface area (Å²) in [5.41, 5.74) is 8.87. The van der Waals surface area contributed by atoms with Crippen LogP contribution in [-0.2, 0) is 0 Å². The Bertz CT molecular complexity index is 111. The van der Waals surface area contributed by atoms with Crippen molar-refractivity contribution in [2.24, 2.45) is 16.7 Å². The van der Waals surface area contributed by atoms with E-state index in [2.05, 4.69) is 10.9 Å². The van der Waals surface area contributed by atoms with Gasteiger partial charge in [-0.3, -0.25) is 5.43 Å². The van der Waals surface area contributed by atoms with Crippen LogP contribution in [0.1, 0.15) is 0 Å². The molecule has 0 aliphatic heterocycles. The Labute approximate surface area is 52.2 Å². The summed E-state index contributed by atoms with van der Waals surface area (Å²) in [6.07, 6.45) is 1.34. The first kappa shape index (κ1) is 7.86. The number of urea groups is 1. The van der Waals surface area contributed by atoms with Gasteiger partial charge in [-0.25, -0.2) is 16.1 Å². The fourth-order valence-corrected chi connectivity index (χ4v) is 0.189. The number of carbonyl (C=O) groups excluding carboxylic acids is 1. The molecular formula is C3H9N5O. The van der Waals surface area contributed by atoms with E-state index in [0.29, 0.717) is 0 Å². The van der Waals surface area contributed by atoms with Crippen LogP contribution in [0.5, 0.6) is 0 Å². The van der Waals surface area contributed by atoms with Gasteiger partial charge in [0.15, 0.2) is 0 Å². The highest BCUT2D eigenvalue weighted by Gasteiger charge is 1.87. The molecule has 0 aromatic carbocycles. The lowest BCUT2D eigenvalue weighted by atomic mass is 10.8. The zero-order valence-corrected chi connectivity index (χ0v) is 4.79. The lowest BCUT2D eigenvalue weighted by Gasteiger charge is -1.93. The van der Waals surface area contributed by atoms with E-state index in [9.17, 15) is 4.79 Å². The van der Waals surface area contributed by atoms with Crippen molar-refractivity contribution in [3.63, 3.8) is 0 Å². The molecule has 0 heterocycles. The maximum absolute atomic E-state index is 10.2. The van der Waals surface area contributed by atoms with Crippen LogP contribution in [-0.4, -0.2) is 18.8 Å². The summed E-state index contributed by atoms with van der Waals surface area (Å²) in [4.78, 5) is 10.2. The molecule has 6 nitrogen and oxygen atoms in total. The zero-order chi connectivity index (χ0) is 7.11. The number of amides is 2. The third-order valence-corrected chi connectivity index (χ3v) is 0.494. The molecule has 0 radical (unpaired) electrons. The van der Waals surface area contributed by atoms with E-state index in [1.807, 2.05) is 10.9 Å². The third kappa shape index (κ3) is 4.72. The Morgan fingerprint density at radius 3 is 2.89 bits per heavy atom. The number of nitrogens with two attached hydrogens (primary N) is 2. The number of hydrazone groups is 1. The first-order valence-corrected chi connectivity index (χ1v) is 2.29. The molecule has 6 N–H and O–H groups in total. The van der Waals surface area contributed by atoms with Crippen LogP contribution in [0.15, 0.2) is 5.10 Å². The summed E-state index contributed by atoms with van der Waals surface area (Å²) < 4.78 is 0. The summed E-state index contributed by atoms with van der Waals surface area (Å²) in [7, 11) is 0. The van der Waals surface area contributed by atoms with Crippen molar-refractivity contribution in [3.8, 4) is 0 Å². The average Bonchev–Trinajstić information content (AvgIpc) is 1.89. The van der Waals surface area contributed by atoms with Crippen LogP contribution in [0, 0.1) is 0 Å². The molecule has 0 aliphatic rings. The monoisotopic (exact) mass is 131 g/mol. The molecule has 0 aliphatic carbocycles. The normalized spacial score (nSPS) is 9.56. The summed E-state index contributed by atoms with van der Waals surface area (Å²) in [6, 6.07) is -0.570. The quantitative estimate of drug-likeness (QED) is 0.152. The number of nitrogens with one attached hydrogen (secondary N) is 2. The van der Waals surface area contributed by atoms with E-state index >= 15 is 0 Å². The van der Waals surface area contributed by atoms with Gasteiger partial charge in [0, 0.05) is 12.8 Å². The summed E-state index contributed by atoms with van der Waals surface area (Å²) in [6.45, 7) is 0.283. The van der Waals surface area contributed by atoms with E-state index in [1.165, 1.54) is 6.21 Å². The molecule has 0 bridgehead atoms. The van der Waals surface area contributed by atoms with Crippen LogP contribution in [0.3, 0.4) is 0 Å². The Morgan fingerprint density at radius 2 is 2.44 bits per heavy atom. The lowest BCUT2D eigenvalue weighted by molar-refractivity contribution is 0.241. The third-order valence-electron chi connectivity index (χ3n) is 0.494. The van der Waals surface area contributed by atoms with Gasteiger partial charge >= 0.3 is 6.03 Å². The van der Waals surface area contributed by atoms with Crippen molar-refractivity contribution in [1.82, 2.24) is 10.9 Å². The van der Waals surface area contributed by atoms with Crippen LogP contribution in [0.25, 0.3) is 0 Å². The van der Waals surface area contributed by atoms with Gasteiger partial charge < -0.3 is 5.73 Å². The summed E-state index contributed by atoms with van der Waals surface area (Å²) in [5, 5.41) is 3.37. The molecule has 0 spiro atoms. The van der Waals surface area contributed by atoms with Gasteiger partial charge in [0.05, 0.1) is 0 Å². The molecular weight excluding hydrogens is 122 g/mol. The van der Waals surface area contributed by atoms with Crippen molar-refractivity contribution in [2.45, 2.75) is 0 Å². The zero-order valence-electron chi connectivity index (χ0n) is 4.79. The van der Waals surface area contributed by atoms with E-state index in [4.69, 9.17) is 5.73 Å². The first-order valence-electron chi connectivity index (χ1n) is 2.29. The summed E-state index contributed by atoms with van der Waals surface area (Å²) >= 11 is 0. The molecule has 0 saturated carbocycles. The maximum atomic E-state index is 10.2. The topological polar surface area (TPSA) is 106 Å². The SMILES string of the molecule is NCC=NNC(=O)NN. The minimum absolute atomic E-state index is 0.283. The average molecular weight is 131 g/mol. The number of rotatable bonds is 2. The second-order valence-corrected chi connectivity index (χ2v) is 1.13. The van der Waals surface area contributed by atoms with Crippen molar-refractivity contribution >= 4 is 12.2 Å². The van der Waals surface area contributed by atoms with Gasteiger partial charge in [-0.2, -0.15) is 5.10 Å². The van der Waals surface area contributed by atoms with Crippen molar-refractivity contribution in [2.75, 3.05) is 6.54 Å². The van der Waals surface area contributed by atoms with Crippen molar-refractivity contribution < 1.29 is 4.79 Å². The number of nitrogens with zero attached hydrogens (tertiary/aromatic N) is 1. The van der Waals surface area contributed by atoms with Crippen molar-refractivity contribution in [1.29, 1.82) is 0 Å². The molecule has 0 aromatic heterocycles. The fraction of sp³-hybridized carbons (Fsp3) is 0.333. The molecule has 0 fully saturated rings. The highest BCUT2D eigenvalue weighted by atomic mass is 16.2. The van der Waals surface area contributed by atoms with Crippen LogP contribution in [0.4, 0.5) is 4.79 Å². The molecule has 0 rings (SSSR count). The Kier molecular flexibility index (Phi) is 4.37. The van der Waals surface area contributed by atoms with E-state index in [-0.39, 0.29) is 6.54 Å². The lowest BCUT2D eigenvalue weighted by Crippen LogP contribution is -2.37. The molecule has 2 amide bonds. The van der Waals surface area contributed by atoms with Crippen LogP contribution < -0.4 is 22.4 Å². The molecule has 0 saturated heterocycles. The van der Waals surface area contributed by atoms with Gasteiger partial charge in [-0.1, -0.05) is 0 Å². The van der Waals surface area contributed by atoms with E-state index in [0.717, 1.165) is 0 Å². The van der Waals surface area contributed by atoms with Gasteiger partial charge in [-0.05, 0) is 0 Å². The predicted octanol–water partition coefficient (Wildman–Crippen LogP) is -1.90. The number of hydrogen-bond donors (Lipinski definition) is 4. The number of hydrogen-bond acceptors (Lipinski definition) is 4. The molecule has 9 heavy (non-hydrogen) atoms. The number of hydrazine groups is 1. The minimum atomic E-state index is -0.570. The molecule has 0 aromatic rings. The predicted molar refractivity (Wildman–Crippen MR) is 33.4 cm³/mol. The second kappa shape index (κ2) is 5.01. The largest absolute Gasteiger partial charge is 0.349 e. The molecule has 0 atom stereocenters. The van der Waals surface area contributed by atoms with Crippen molar-refractivity contribution in [3.05, 3.63) is 0 Å². The first-order chi connectivity index (χ1) is 4.31. The van der Waals surface area contributed by atoms with Gasteiger partial charge in [0.25, 0.3) is 0 Å². The highest BCUT2D eigenvalue weighted by Crippen LogP contribution is 1.56. The Balaban J connectivity index is 3.26. The highest BCUT2D eigenvalue weighted by molar-refractivity contribution is 5.74. The van der Waals surface area contributed by atoms with E-state index in [1.54, 1.807) is 0 Å². The smallest absolute Gasteiger partial charge is 0.326 e. The maximum Gasteiger partial charge on any atom is 0.349 e. The van der Waals surface area contributed by atoms with E-state index < -0.39 is 6.03 Å². The Hall–Kier alpha value is -1.14. The van der Waals surface area contributed by atoms with Gasteiger partial charge in [-0.15, -0.1) is 0 Å². The summed E-state index contributed by atoms with van der Waals surface area (Å²) in [5.74, 6) is 4.69.